The third-order valence-corrected chi connectivity index (χ3v) is 9.40. The Bertz CT molecular complexity index is 1410. The van der Waals surface area contributed by atoms with E-state index in [1.165, 1.54) is 11.4 Å². The van der Waals surface area contributed by atoms with Gasteiger partial charge in [-0.2, -0.15) is 0 Å². The molecule has 7 nitrogen and oxygen atoms in total. The lowest BCUT2D eigenvalue weighted by molar-refractivity contribution is -0.141. The maximum absolute atomic E-state index is 13.8. The van der Waals surface area contributed by atoms with Crippen molar-refractivity contribution in [3.05, 3.63) is 100 Å². The summed E-state index contributed by atoms with van der Waals surface area (Å²) in [4.78, 5) is 29.2. The van der Waals surface area contributed by atoms with Gasteiger partial charge in [0.2, 0.25) is 21.8 Å². The molecular weight excluding hydrogens is 581 g/mol. The molecule has 0 saturated carbocycles. The second-order valence-corrected chi connectivity index (χ2v) is 12.9. The van der Waals surface area contributed by atoms with Crippen molar-refractivity contribution in [1.82, 2.24) is 14.5 Å². The van der Waals surface area contributed by atoms with Crippen LogP contribution < -0.4 is 5.32 Å². The average Bonchev–Trinajstić information content (AvgIpc) is 2.96. The highest BCUT2D eigenvalue weighted by Crippen LogP contribution is 2.25. The number of nitrogens with one attached hydrogen (secondary N) is 1. The molecule has 3 rings (SSSR count). The van der Waals surface area contributed by atoms with Crippen molar-refractivity contribution < 1.29 is 18.0 Å². The molecule has 3 aromatic rings. The Morgan fingerprint density at radius 2 is 1.59 bits per heavy atom. The van der Waals surface area contributed by atoms with Crippen LogP contribution in [0.25, 0.3) is 0 Å². The van der Waals surface area contributed by atoms with Crippen molar-refractivity contribution in [2.24, 2.45) is 0 Å². The zero-order valence-corrected chi connectivity index (χ0v) is 25.9. The van der Waals surface area contributed by atoms with Crippen molar-refractivity contribution in [2.45, 2.75) is 63.1 Å². The van der Waals surface area contributed by atoms with E-state index in [1.54, 1.807) is 53.4 Å². The van der Waals surface area contributed by atoms with E-state index in [1.807, 2.05) is 44.2 Å². The number of nitrogens with zero attached hydrogens (tertiary/aromatic N) is 2. The van der Waals surface area contributed by atoms with Crippen LogP contribution >= 0.6 is 23.2 Å². The Morgan fingerprint density at radius 1 is 0.951 bits per heavy atom. The molecule has 0 aliphatic carbocycles. The van der Waals surface area contributed by atoms with Crippen molar-refractivity contribution in [1.29, 1.82) is 0 Å². The number of carbonyl (C=O) groups excluding carboxylic acids is 2. The second-order valence-electron chi connectivity index (χ2n) is 10.0. The zero-order chi connectivity index (χ0) is 30.0. The SMILES string of the molecule is CCC(C)NC(=O)C(Cc1ccccc1)N(Cc1ccc(Cl)cc1Cl)C(=O)CCCN(C)S(=O)(=O)c1ccccc1. The molecule has 2 amide bonds. The van der Waals surface area contributed by atoms with Gasteiger partial charge in [-0.3, -0.25) is 9.59 Å². The van der Waals surface area contributed by atoms with Gasteiger partial charge in [0, 0.05) is 49.1 Å². The van der Waals surface area contributed by atoms with Crippen molar-refractivity contribution in [3.8, 4) is 0 Å². The molecular formula is C31H37Cl2N3O4S. The van der Waals surface area contributed by atoms with Crippen LogP contribution in [0.3, 0.4) is 0 Å². The second kappa shape index (κ2) is 15.4. The molecule has 0 aliphatic rings. The van der Waals surface area contributed by atoms with E-state index in [0.717, 1.165) is 12.0 Å². The first-order chi connectivity index (χ1) is 19.5. The highest BCUT2D eigenvalue weighted by atomic mass is 35.5. The number of benzene rings is 3. The lowest BCUT2D eigenvalue weighted by atomic mass is 10.0. The van der Waals surface area contributed by atoms with Gasteiger partial charge >= 0.3 is 0 Å². The zero-order valence-electron chi connectivity index (χ0n) is 23.6. The van der Waals surface area contributed by atoms with Gasteiger partial charge in [-0.1, -0.05) is 84.7 Å². The number of carbonyl (C=O) groups is 2. The lowest BCUT2D eigenvalue weighted by Gasteiger charge is -2.33. The monoisotopic (exact) mass is 617 g/mol. The summed E-state index contributed by atoms with van der Waals surface area (Å²) >= 11 is 12.6. The fourth-order valence-corrected chi connectivity index (χ4v) is 6.02. The predicted octanol–water partition coefficient (Wildman–Crippen LogP) is 5.95. The third kappa shape index (κ3) is 9.30. The quantitative estimate of drug-likeness (QED) is 0.242. The molecule has 0 radical (unpaired) electrons. The summed E-state index contributed by atoms with van der Waals surface area (Å²) in [5.41, 5.74) is 1.56. The molecule has 3 aromatic carbocycles. The standard InChI is InChI=1S/C31H37Cl2N3O4S/c1-4-23(2)34-31(38)29(20-24-12-7-5-8-13-24)36(22-25-17-18-26(32)21-28(25)33)30(37)16-11-19-35(3)41(39,40)27-14-9-6-10-15-27/h5-10,12-15,17-18,21,23,29H,4,11,16,19-20,22H2,1-3H3,(H,34,38). The molecule has 1 N–H and O–H groups in total. The van der Waals surface area contributed by atoms with E-state index in [-0.39, 0.29) is 48.7 Å². The minimum atomic E-state index is -3.69. The molecule has 0 aromatic heterocycles. The van der Waals surface area contributed by atoms with E-state index in [0.29, 0.717) is 22.0 Å². The first kappa shape index (κ1) is 32.6. The van der Waals surface area contributed by atoms with Crippen LogP contribution in [0.5, 0.6) is 0 Å². The Balaban J connectivity index is 1.86. The molecule has 2 atom stereocenters. The normalized spacial score (nSPS) is 13.0. The van der Waals surface area contributed by atoms with E-state index in [2.05, 4.69) is 5.32 Å². The molecule has 220 valence electrons. The minimum absolute atomic E-state index is 0.0434. The average molecular weight is 619 g/mol. The number of halogens is 2. The first-order valence-electron chi connectivity index (χ1n) is 13.6. The van der Waals surface area contributed by atoms with Gasteiger partial charge in [-0.05, 0) is 55.2 Å². The van der Waals surface area contributed by atoms with Gasteiger partial charge in [0.05, 0.1) is 4.90 Å². The smallest absolute Gasteiger partial charge is 0.243 e. The maximum Gasteiger partial charge on any atom is 0.243 e. The first-order valence-corrected chi connectivity index (χ1v) is 15.8. The highest BCUT2D eigenvalue weighted by Gasteiger charge is 2.31. The lowest BCUT2D eigenvalue weighted by Crippen LogP contribution is -2.52. The summed E-state index contributed by atoms with van der Waals surface area (Å²) in [7, 11) is -2.19. The van der Waals surface area contributed by atoms with Crippen LogP contribution in [0, 0.1) is 0 Å². The van der Waals surface area contributed by atoms with Gasteiger partial charge < -0.3 is 10.2 Å². The van der Waals surface area contributed by atoms with Crippen LogP contribution in [-0.2, 0) is 32.6 Å². The third-order valence-electron chi connectivity index (χ3n) is 6.94. The summed E-state index contributed by atoms with van der Waals surface area (Å²) in [6, 6.07) is 21.9. The molecule has 0 heterocycles. The van der Waals surface area contributed by atoms with Crippen LogP contribution in [-0.4, -0.2) is 55.1 Å². The van der Waals surface area contributed by atoms with Crippen molar-refractivity contribution in [3.63, 3.8) is 0 Å². The number of sulfonamides is 1. The van der Waals surface area contributed by atoms with Gasteiger partial charge in [0.15, 0.2) is 0 Å². The van der Waals surface area contributed by atoms with E-state index >= 15 is 0 Å². The van der Waals surface area contributed by atoms with Crippen LogP contribution in [0.4, 0.5) is 0 Å². The minimum Gasteiger partial charge on any atom is -0.352 e. The summed E-state index contributed by atoms with van der Waals surface area (Å²) in [6.07, 6.45) is 1.37. The number of hydrogen-bond donors (Lipinski definition) is 1. The van der Waals surface area contributed by atoms with Crippen LogP contribution in [0.1, 0.15) is 44.2 Å². The fourth-order valence-electron chi connectivity index (χ4n) is 4.32. The number of amides is 2. The molecule has 0 spiro atoms. The summed E-state index contributed by atoms with van der Waals surface area (Å²) in [5.74, 6) is -0.535. The predicted molar refractivity (Wildman–Crippen MR) is 164 cm³/mol. The van der Waals surface area contributed by atoms with Gasteiger partial charge in [-0.25, -0.2) is 12.7 Å². The number of hydrogen-bond acceptors (Lipinski definition) is 4. The van der Waals surface area contributed by atoms with Crippen LogP contribution in [0.2, 0.25) is 10.0 Å². The molecule has 41 heavy (non-hydrogen) atoms. The van der Waals surface area contributed by atoms with Crippen molar-refractivity contribution in [2.75, 3.05) is 13.6 Å². The summed E-state index contributed by atoms with van der Waals surface area (Å²) in [5, 5.41) is 3.89. The van der Waals surface area contributed by atoms with E-state index < -0.39 is 16.1 Å². The fraction of sp³-hybridized carbons (Fsp3) is 0.355. The Labute approximate surface area is 253 Å². The molecule has 0 fully saturated rings. The highest BCUT2D eigenvalue weighted by molar-refractivity contribution is 7.89. The Morgan fingerprint density at radius 3 is 2.20 bits per heavy atom. The molecule has 0 saturated heterocycles. The summed E-state index contributed by atoms with van der Waals surface area (Å²) < 4.78 is 27.1. The molecule has 0 bridgehead atoms. The van der Waals surface area contributed by atoms with E-state index in [4.69, 9.17) is 23.2 Å². The van der Waals surface area contributed by atoms with Crippen LogP contribution in [0.15, 0.2) is 83.8 Å². The topological polar surface area (TPSA) is 86.8 Å². The van der Waals surface area contributed by atoms with Gasteiger partial charge in [0.25, 0.3) is 0 Å². The summed E-state index contributed by atoms with van der Waals surface area (Å²) in [6.45, 7) is 4.13. The molecule has 10 heteroatoms. The molecule has 0 aliphatic heterocycles. The largest absolute Gasteiger partial charge is 0.352 e. The van der Waals surface area contributed by atoms with Gasteiger partial charge in [-0.15, -0.1) is 0 Å². The number of rotatable bonds is 14. The van der Waals surface area contributed by atoms with Gasteiger partial charge in [0.1, 0.15) is 6.04 Å². The van der Waals surface area contributed by atoms with Crippen molar-refractivity contribution >= 4 is 45.0 Å². The molecule has 2 unspecified atom stereocenters. The van der Waals surface area contributed by atoms with E-state index in [9.17, 15) is 18.0 Å². The Hall–Kier alpha value is -2.91. The maximum atomic E-state index is 13.8. The Kier molecular flexibility index (Phi) is 12.2.